The van der Waals surface area contributed by atoms with E-state index in [4.69, 9.17) is 4.74 Å². The van der Waals surface area contributed by atoms with Crippen LogP contribution in [0.1, 0.15) is 5.56 Å². The maximum atomic E-state index is 12.5. The van der Waals surface area contributed by atoms with Gasteiger partial charge in [-0.15, -0.1) is 0 Å². The topological polar surface area (TPSA) is 41.9 Å². The molecule has 0 radical (unpaired) electrons. The lowest BCUT2D eigenvalue weighted by molar-refractivity contribution is -0.121. The number of ether oxygens (including phenoxy) is 1. The molecule has 0 spiro atoms. The summed E-state index contributed by atoms with van der Waals surface area (Å²) in [6.07, 6.45) is 1.83. The van der Waals surface area contributed by atoms with Gasteiger partial charge in [-0.05, 0) is 48.2 Å². The maximum absolute atomic E-state index is 12.5. The molecule has 0 aliphatic carbocycles. The molecule has 2 aromatic carbocycles. The van der Waals surface area contributed by atoms with Crippen LogP contribution in [0, 0.1) is 0 Å². The second-order valence-corrected chi connectivity index (χ2v) is 7.02. The molecule has 1 saturated heterocycles. The van der Waals surface area contributed by atoms with Gasteiger partial charge < -0.3 is 4.74 Å². The largest absolute Gasteiger partial charge is 0.496 e. The van der Waals surface area contributed by atoms with Crippen LogP contribution in [-0.2, 0) is 4.79 Å². The molecule has 0 unspecified atom stereocenters. The Bertz CT molecular complexity index is 834. The number of amides is 1. The van der Waals surface area contributed by atoms with Crippen molar-refractivity contribution >= 4 is 50.5 Å². The normalized spacial score (nSPS) is 17.8. The smallest absolute Gasteiger partial charge is 0.266 e. The van der Waals surface area contributed by atoms with Crippen molar-refractivity contribution in [3.8, 4) is 5.75 Å². The molecule has 0 atom stereocenters. The average molecular weight is 403 g/mol. The monoisotopic (exact) mass is 402 g/mol. The van der Waals surface area contributed by atoms with E-state index < -0.39 is 0 Å². The van der Waals surface area contributed by atoms with E-state index >= 15 is 0 Å². The number of nitrogens with zero attached hydrogens (tertiary/aromatic N) is 2. The summed E-state index contributed by atoms with van der Waals surface area (Å²) in [6, 6.07) is 15.3. The molecule has 0 N–H and O–H groups in total. The summed E-state index contributed by atoms with van der Waals surface area (Å²) in [5, 5.41) is 0.659. The Hall–Kier alpha value is -2.05. The molecular weight excluding hydrogens is 388 g/mol. The highest BCUT2D eigenvalue weighted by molar-refractivity contribution is 9.10. The van der Waals surface area contributed by atoms with Gasteiger partial charge in [-0.3, -0.25) is 9.69 Å². The Morgan fingerprint density at radius 2 is 1.96 bits per heavy atom. The van der Waals surface area contributed by atoms with Crippen molar-refractivity contribution in [2.75, 3.05) is 14.2 Å². The average Bonchev–Trinajstić information content (AvgIpc) is 2.84. The first-order valence-electron chi connectivity index (χ1n) is 7.23. The molecule has 24 heavy (non-hydrogen) atoms. The number of carbonyl (C=O) groups excluding carboxylic acids is 1. The summed E-state index contributed by atoms with van der Waals surface area (Å²) in [5.41, 5.74) is 1.66. The van der Waals surface area contributed by atoms with Crippen LogP contribution in [0.3, 0.4) is 0 Å². The lowest BCUT2D eigenvalue weighted by atomic mass is 10.2. The standard InChI is InChI=1S/C18H15BrN2O2S/c1-21-17(22)16(11-12-10-13(19)8-9-15(12)23-2)24-18(21)20-14-6-4-3-5-7-14/h3-11H,1-2H3/b16-11+,20-18?. The lowest BCUT2D eigenvalue weighted by Gasteiger charge is -2.07. The molecule has 0 aromatic heterocycles. The zero-order chi connectivity index (χ0) is 17.1. The van der Waals surface area contributed by atoms with Gasteiger partial charge in [0.1, 0.15) is 5.75 Å². The van der Waals surface area contributed by atoms with E-state index in [0.717, 1.165) is 21.5 Å². The molecule has 122 valence electrons. The number of methoxy groups -OCH3 is 1. The van der Waals surface area contributed by atoms with Gasteiger partial charge >= 0.3 is 0 Å². The number of hydrogen-bond donors (Lipinski definition) is 0. The van der Waals surface area contributed by atoms with Crippen molar-refractivity contribution in [1.82, 2.24) is 4.90 Å². The fourth-order valence-corrected chi connectivity index (χ4v) is 3.58. The van der Waals surface area contributed by atoms with Gasteiger partial charge in [-0.1, -0.05) is 34.1 Å². The number of halogens is 1. The second-order valence-electron chi connectivity index (χ2n) is 5.09. The minimum atomic E-state index is -0.0725. The van der Waals surface area contributed by atoms with Crippen molar-refractivity contribution in [2.24, 2.45) is 4.99 Å². The zero-order valence-electron chi connectivity index (χ0n) is 13.2. The molecule has 1 aliphatic heterocycles. The van der Waals surface area contributed by atoms with Crippen molar-refractivity contribution in [2.45, 2.75) is 0 Å². The van der Waals surface area contributed by atoms with Gasteiger partial charge in [0.15, 0.2) is 5.17 Å². The quantitative estimate of drug-likeness (QED) is 0.699. The first-order valence-corrected chi connectivity index (χ1v) is 8.84. The van der Waals surface area contributed by atoms with Gasteiger partial charge in [0.2, 0.25) is 0 Å². The fourth-order valence-electron chi connectivity index (χ4n) is 2.22. The summed E-state index contributed by atoms with van der Waals surface area (Å²) in [7, 11) is 3.35. The van der Waals surface area contributed by atoms with E-state index in [1.807, 2.05) is 54.6 Å². The van der Waals surface area contributed by atoms with Crippen LogP contribution in [0.4, 0.5) is 5.69 Å². The number of rotatable bonds is 3. The van der Waals surface area contributed by atoms with Gasteiger partial charge in [-0.2, -0.15) is 0 Å². The van der Waals surface area contributed by atoms with E-state index in [2.05, 4.69) is 20.9 Å². The molecule has 1 aliphatic rings. The molecule has 4 nitrogen and oxygen atoms in total. The van der Waals surface area contributed by atoms with Crippen LogP contribution < -0.4 is 4.74 Å². The maximum Gasteiger partial charge on any atom is 0.266 e. The van der Waals surface area contributed by atoms with Gasteiger partial charge in [0.25, 0.3) is 5.91 Å². The summed E-state index contributed by atoms with van der Waals surface area (Å²) < 4.78 is 6.29. The Labute approximate surface area is 153 Å². The molecule has 0 saturated carbocycles. The van der Waals surface area contributed by atoms with Crippen LogP contribution in [-0.4, -0.2) is 30.1 Å². The van der Waals surface area contributed by atoms with Crippen molar-refractivity contribution in [3.05, 3.63) is 63.5 Å². The highest BCUT2D eigenvalue weighted by Crippen LogP contribution is 2.35. The number of thioether (sulfide) groups is 1. The first-order chi connectivity index (χ1) is 11.6. The molecule has 1 heterocycles. The molecular formula is C18H15BrN2O2S. The minimum absolute atomic E-state index is 0.0725. The molecule has 2 aromatic rings. The van der Waals surface area contributed by atoms with E-state index in [9.17, 15) is 4.79 Å². The summed E-state index contributed by atoms with van der Waals surface area (Å²) in [4.78, 5) is 19.2. The second kappa shape index (κ2) is 7.23. The van der Waals surface area contributed by atoms with Crippen LogP contribution in [0.25, 0.3) is 6.08 Å². The van der Waals surface area contributed by atoms with E-state index in [-0.39, 0.29) is 5.91 Å². The number of carbonyl (C=O) groups is 1. The third-order valence-corrected chi connectivity index (χ3v) is 5.02. The van der Waals surface area contributed by atoms with Crippen LogP contribution in [0.15, 0.2) is 62.9 Å². The van der Waals surface area contributed by atoms with E-state index in [0.29, 0.717) is 10.1 Å². The van der Waals surface area contributed by atoms with Crippen LogP contribution in [0.5, 0.6) is 5.75 Å². The van der Waals surface area contributed by atoms with Gasteiger partial charge in [0, 0.05) is 17.1 Å². The number of benzene rings is 2. The van der Waals surface area contributed by atoms with Crippen LogP contribution >= 0.6 is 27.7 Å². The van der Waals surface area contributed by atoms with E-state index in [1.165, 1.54) is 11.8 Å². The predicted octanol–water partition coefficient (Wildman–Crippen LogP) is 4.69. The number of hydrogen-bond acceptors (Lipinski definition) is 4. The fraction of sp³-hybridized carbons (Fsp3) is 0.111. The van der Waals surface area contributed by atoms with Gasteiger partial charge in [-0.25, -0.2) is 4.99 Å². The lowest BCUT2D eigenvalue weighted by Crippen LogP contribution is -2.23. The van der Waals surface area contributed by atoms with E-state index in [1.54, 1.807) is 19.1 Å². The highest BCUT2D eigenvalue weighted by Gasteiger charge is 2.30. The van der Waals surface area contributed by atoms with Gasteiger partial charge in [0.05, 0.1) is 17.7 Å². The van der Waals surface area contributed by atoms with Crippen LogP contribution in [0.2, 0.25) is 0 Å². The van der Waals surface area contributed by atoms with Crippen molar-refractivity contribution in [3.63, 3.8) is 0 Å². The summed E-state index contributed by atoms with van der Waals surface area (Å²) in [5.74, 6) is 0.645. The van der Waals surface area contributed by atoms with Crippen molar-refractivity contribution < 1.29 is 9.53 Å². The third-order valence-electron chi connectivity index (χ3n) is 3.46. The minimum Gasteiger partial charge on any atom is -0.496 e. The Morgan fingerprint density at radius 1 is 1.21 bits per heavy atom. The Morgan fingerprint density at radius 3 is 2.67 bits per heavy atom. The summed E-state index contributed by atoms with van der Waals surface area (Å²) in [6.45, 7) is 0. The highest BCUT2D eigenvalue weighted by atomic mass is 79.9. The molecule has 3 rings (SSSR count). The number of likely N-dealkylation sites (N-methyl/N-ethyl adjacent to an activating group) is 1. The zero-order valence-corrected chi connectivity index (χ0v) is 15.6. The molecule has 1 amide bonds. The summed E-state index contributed by atoms with van der Waals surface area (Å²) >= 11 is 4.81. The number of aliphatic imine (C=N–C) groups is 1. The number of amidine groups is 1. The number of para-hydroxylation sites is 1. The molecule has 0 bridgehead atoms. The molecule has 1 fully saturated rings. The SMILES string of the molecule is COc1ccc(Br)cc1/C=C1/SC(=Nc2ccccc2)N(C)C1=O. The van der Waals surface area contributed by atoms with Crippen molar-refractivity contribution in [1.29, 1.82) is 0 Å². The first kappa shape index (κ1) is 16.8. The predicted molar refractivity (Wildman–Crippen MR) is 103 cm³/mol. The molecule has 6 heteroatoms. The Kier molecular flexibility index (Phi) is 5.06. The third kappa shape index (κ3) is 3.55. The Balaban J connectivity index is 1.95.